The first-order chi connectivity index (χ1) is 13.2. The minimum absolute atomic E-state index is 0.0407. The van der Waals surface area contributed by atoms with Crippen LogP contribution in [-0.2, 0) is 4.74 Å². The van der Waals surface area contributed by atoms with E-state index in [-0.39, 0.29) is 11.8 Å². The van der Waals surface area contributed by atoms with Gasteiger partial charge in [-0.1, -0.05) is 48.6 Å². The Morgan fingerprint density at radius 1 is 1.22 bits per heavy atom. The molecule has 2 heterocycles. The summed E-state index contributed by atoms with van der Waals surface area (Å²) >= 11 is 1.64. The Labute approximate surface area is 163 Å². The molecule has 1 N–H and O–H groups in total. The number of hydrogen-bond acceptors (Lipinski definition) is 5. The van der Waals surface area contributed by atoms with Crippen LogP contribution >= 0.6 is 11.3 Å². The summed E-state index contributed by atoms with van der Waals surface area (Å²) in [6.45, 7) is 5.95. The van der Waals surface area contributed by atoms with Gasteiger partial charge in [-0.05, 0) is 29.7 Å². The van der Waals surface area contributed by atoms with Gasteiger partial charge in [0.05, 0.1) is 23.4 Å². The van der Waals surface area contributed by atoms with Crippen LogP contribution in [0.15, 0.2) is 48.5 Å². The Hall–Kier alpha value is -2.44. The van der Waals surface area contributed by atoms with Crippen molar-refractivity contribution in [3.63, 3.8) is 0 Å². The second-order valence-electron chi connectivity index (χ2n) is 6.80. The quantitative estimate of drug-likeness (QED) is 0.733. The predicted molar refractivity (Wildman–Crippen MR) is 110 cm³/mol. The molecule has 4 rings (SSSR count). The fourth-order valence-electron chi connectivity index (χ4n) is 3.19. The molecule has 1 aliphatic heterocycles. The first kappa shape index (κ1) is 17.9. The number of benzene rings is 2. The number of carbonyl (C=O) groups excluding carboxylic acids is 1. The third-order valence-corrected chi connectivity index (χ3v) is 5.94. The second kappa shape index (κ2) is 8.06. The Kier molecular flexibility index (Phi) is 5.36. The molecule has 1 atom stereocenters. The van der Waals surface area contributed by atoms with Crippen molar-refractivity contribution in [2.24, 2.45) is 0 Å². The molecule has 0 radical (unpaired) electrons. The van der Waals surface area contributed by atoms with Gasteiger partial charge in [-0.25, -0.2) is 4.98 Å². The van der Waals surface area contributed by atoms with Crippen molar-refractivity contribution in [1.29, 1.82) is 0 Å². The number of fused-ring (bicyclic) bond motifs is 1. The minimum Gasteiger partial charge on any atom is -0.378 e. The predicted octanol–water partition coefficient (Wildman–Crippen LogP) is 3.67. The van der Waals surface area contributed by atoms with Gasteiger partial charge in [0, 0.05) is 25.2 Å². The molecule has 0 spiro atoms. The topological polar surface area (TPSA) is 54.5 Å². The average molecular weight is 382 g/mol. The van der Waals surface area contributed by atoms with Crippen LogP contribution in [0, 0.1) is 0 Å². The van der Waals surface area contributed by atoms with E-state index < -0.39 is 0 Å². The van der Waals surface area contributed by atoms with Crippen molar-refractivity contribution in [3.05, 3.63) is 59.7 Å². The molecule has 0 saturated carbocycles. The molecule has 1 saturated heterocycles. The maximum absolute atomic E-state index is 12.6. The lowest BCUT2D eigenvalue weighted by Gasteiger charge is -2.25. The molecule has 27 heavy (non-hydrogen) atoms. The Morgan fingerprint density at radius 2 is 2.00 bits per heavy atom. The molecule has 0 aliphatic carbocycles. The maximum atomic E-state index is 12.6. The molecule has 5 nitrogen and oxygen atoms in total. The van der Waals surface area contributed by atoms with Crippen molar-refractivity contribution in [3.8, 4) is 0 Å². The number of nitrogens with one attached hydrogen (secondary N) is 1. The molecule has 1 aromatic heterocycles. The van der Waals surface area contributed by atoms with Gasteiger partial charge in [-0.2, -0.15) is 0 Å². The molecule has 140 valence electrons. The monoisotopic (exact) mass is 381 g/mol. The highest BCUT2D eigenvalue weighted by Gasteiger charge is 2.16. The van der Waals surface area contributed by atoms with Crippen LogP contribution in [-0.4, -0.2) is 43.7 Å². The summed E-state index contributed by atoms with van der Waals surface area (Å²) in [6, 6.07) is 16.0. The zero-order valence-corrected chi connectivity index (χ0v) is 16.2. The highest BCUT2D eigenvalue weighted by atomic mass is 32.1. The first-order valence-corrected chi connectivity index (χ1v) is 10.1. The van der Waals surface area contributed by atoms with Gasteiger partial charge in [-0.3, -0.25) is 4.79 Å². The van der Waals surface area contributed by atoms with E-state index in [1.807, 2.05) is 36.4 Å². The summed E-state index contributed by atoms with van der Waals surface area (Å²) in [5.41, 5.74) is 2.85. The number of nitrogens with zero attached hydrogens (tertiary/aromatic N) is 2. The van der Waals surface area contributed by atoms with Crippen LogP contribution in [0.2, 0.25) is 0 Å². The number of ether oxygens (including phenoxy) is 1. The highest BCUT2D eigenvalue weighted by Crippen LogP contribution is 2.30. The molecule has 0 bridgehead atoms. The summed E-state index contributed by atoms with van der Waals surface area (Å²) in [6.07, 6.45) is 0. The smallest absolute Gasteiger partial charge is 0.251 e. The first-order valence-electron chi connectivity index (χ1n) is 9.27. The largest absolute Gasteiger partial charge is 0.378 e. The lowest BCUT2D eigenvalue weighted by Crippen LogP contribution is -2.36. The van der Waals surface area contributed by atoms with Crippen molar-refractivity contribution in [2.75, 3.05) is 37.7 Å². The summed E-state index contributed by atoms with van der Waals surface area (Å²) < 4.78 is 6.45. The summed E-state index contributed by atoms with van der Waals surface area (Å²) in [5.74, 6) is 0.233. The average Bonchev–Trinajstić information content (AvgIpc) is 3.16. The van der Waals surface area contributed by atoms with Crippen LogP contribution in [0.1, 0.15) is 28.8 Å². The summed E-state index contributed by atoms with van der Waals surface area (Å²) in [4.78, 5) is 19.5. The standard InChI is InChI=1S/C21H23N3O2S/c1-15(16-5-3-2-4-6-16)14-22-20(25)17-7-8-18-19(13-17)27-21(23-18)24-9-11-26-12-10-24/h2-8,13,15H,9-12,14H2,1H3,(H,22,25). The Morgan fingerprint density at radius 3 is 2.78 bits per heavy atom. The van der Waals surface area contributed by atoms with Crippen LogP contribution in [0.5, 0.6) is 0 Å². The number of carbonyl (C=O) groups is 1. The fourth-order valence-corrected chi connectivity index (χ4v) is 4.25. The van der Waals surface area contributed by atoms with Crippen LogP contribution in [0.4, 0.5) is 5.13 Å². The van der Waals surface area contributed by atoms with Crippen molar-refractivity contribution in [2.45, 2.75) is 12.8 Å². The number of anilines is 1. The molecule has 1 amide bonds. The lowest BCUT2D eigenvalue weighted by molar-refractivity contribution is 0.0952. The minimum atomic E-state index is -0.0407. The van der Waals surface area contributed by atoms with E-state index in [9.17, 15) is 4.79 Å². The van der Waals surface area contributed by atoms with E-state index in [1.54, 1.807) is 11.3 Å². The van der Waals surface area contributed by atoms with E-state index in [0.717, 1.165) is 41.7 Å². The summed E-state index contributed by atoms with van der Waals surface area (Å²) in [5, 5.41) is 4.05. The van der Waals surface area contributed by atoms with Crippen LogP contribution < -0.4 is 10.2 Å². The van der Waals surface area contributed by atoms with E-state index >= 15 is 0 Å². The van der Waals surface area contributed by atoms with Crippen molar-refractivity contribution >= 4 is 32.6 Å². The van der Waals surface area contributed by atoms with Crippen LogP contribution in [0.3, 0.4) is 0 Å². The van der Waals surface area contributed by atoms with E-state index in [4.69, 9.17) is 9.72 Å². The van der Waals surface area contributed by atoms with E-state index in [2.05, 4.69) is 29.3 Å². The van der Waals surface area contributed by atoms with Crippen LogP contribution in [0.25, 0.3) is 10.2 Å². The molecule has 6 heteroatoms. The molecule has 2 aromatic carbocycles. The zero-order valence-electron chi connectivity index (χ0n) is 15.4. The lowest BCUT2D eigenvalue weighted by atomic mass is 10.0. The number of aromatic nitrogens is 1. The fraction of sp³-hybridized carbons (Fsp3) is 0.333. The molecule has 1 unspecified atom stereocenters. The number of amides is 1. The normalized spacial score (nSPS) is 15.7. The zero-order chi connectivity index (χ0) is 18.6. The van der Waals surface area contributed by atoms with Gasteiger partial charge >= 0.3 is 0 Å². The Balaban J connectivity index is 1.44. The second-order valence-corrected chi connectivity index (χ2v) is 7.81. The third-order valence-electron chi connectivity index (χ3n) is 4.86. The van der Waals surface area contributed by atoms with Gasteiger partial charge in [0.25, 0.3) is 5.91 Å². The van der Waals surface area contributed by atoms with Crippen molar-refractivity contribution in [1.82, 2.24) is 10.3 Å². The van der Waals surface area contributed by atoms with E-state index in [0.29, 0.717) is 12.1 Å². The van der Waals surface area contributed by atoms with Gasteiger partial charge in [0.1, 0.15) is 0 Å². The van der Waals surface area contributed by atoms with Gasteiger partial charge in [0.2, 0.25) is 0 Å². The number of rotatable bonds is 5. The molecular formula is C21H23N3O2S. The SMILES string of the molecule is CC(CNC(=O)c1ccc2nc(N3CCOCC3)sc2c1)c1ccccc1. The van der Waals surface area contributed by atoms with Gasteiger partial charge in [0.15, 0.2) is 5.13 Å². The Bertz CT molecular complexity index is 920. The highest BCUT2D eigenvalue weighted by molar-refractivity contribution is 7.22. The molecule has 1 fully saturated rings. The summed E-state index contributed by atoms with van der Waals surface area (Å²) in [7, 11) is 0. The molecule has 3 aromatic rings. The third kappa shape index (κ3) is 4.12. The van der Waals surface area contributed by atoms with E-state index in [1.165, 1.54) is 5.56 Å². The van der Waals surface area contributed by atoms with Gasteiger partial charge < -0.3 is 15.0 Å². The van der Waals surface area contributed by atoms with Crippen molar-refractivity contribution < 1.29 is 9.53 Å². The number of hydrogen-bond donors (Lipinski definition) is 1. The maximum Gasteiger partial charge on any atom is 0.251 e. The van der Waals surface area contributed by atoms with Gasteiger partial charge in [-0.15, -0.1) is 0 Å². The molecular weight excluding hydrogens is 358 g/mol. The number of morpholine rings is 1. The molecule has 1 aliphatic rings. The number of thiazole rings is 1.